The largest absolute Gasteiger partial charge is 0.336 e. The van der Waals surface area contributed by atoms with E-state index in [1.54, 1.807) is 4.90 Å². The molecular weight excluding hydrogens is 357 g/mol. The predicted molar refractivity (Wildman–Crippen MR) is 106 cm³/mol. The molecule has 0 aromatic heterocycles. The van der Waals surface area contributed by atoms with Crippen LogP contribution in [0, 0.1) is 5.82 Å². The molecule has 0 atom stereocenters. The number of rotatable bonds is 4. The van der Waals surface area contributed by atoms with Crippen LogP contribution in [-0.2, 0) is 11.2 Å². The van der Waals surface area contributed by atoms with Crippen molar-refractivity contribution in [3.8, 4) is 0 Å². The molecule has 146 valence electrons. The number of hydrogen-bond donors (Lipinski definition) is 0. The van der Waals surface area contributed by atoms with Crippen molar-refractivity contribution in [2.75, 3.05) is 44.2 Å². The Kier molecular flexibility index (Phi) is 5.39. The zero-order valence-corrected chi connectivity index (χ0v) is 15.8. The predicted octanol–water partition coefficient (Wildman–Crippen LogP) is 2.56. The molecule has 0 unspecified atom stereocenters. The average Bonchev–Trinajstić information content (AvgIpc) is 3.17. The summed E-state index contributed by atoms with van der Waals surface area (Å²) in [6.07, 6.45) is 1.41. The first-order chi connectivity index (χ1) is 13.6. The monoisotopic (exact) mass is 381 g/mol. The number of piperazine rings is 1. The van der Waals surface area contributed by atoms with Gasteiger partial charge >= 0.3 is 0 Å². The van der Waals surface area contributed by atoms with Gasteiger partial charge in [0.05, 0.1) is 0 Å². The number of para-hydroxylation sites is 1. The third kappa shape index (κ3) is 3.92. The fourth-order valence-electron chi connectivity index (χ4n) is 3.94. The molecule has 0 bridgehead atoms. The van der Waals surface area contributed by atoms with Crippen LogP contribution >= 0.6 is 0 Å². The van der Waals surface area contributed by atoms with Gasteiger partial charge in [-0.05, 0) is 42.3 Å². The topological polar surface area (TPSA) is 43.9 Å². The third-order valence-electron chi connectivity index (χ3n) is 5.58. The number of carbonyl (C=O) groups excluding carboxylic acids is 2. The zero-order valence-electron chi connectivity index (χ0n) is 15.8. The van der Waals surface area contributed by atoms with Crippen molar-refractivity contribution in [2.24, 2.45) is 0 Å². The van der Waals surface area contributed by atoms with Crippen LogP contribution in [0.15, 0.2) is 48.5 Å². The van der Waals surface area contributed by atoms with Crippen molar-refractivity contribution in [3.63, 3.8) is 0 Å². The van der Waals surface area contributed by atoms with Gasteiger partial charge in [-0.1, -0.05) is 18.2 Å². The fourth-order valence-corrected chi connectivity index (χ4v) is 3.94. The highest BCUT2D eigenvalue weighted by Gasteiger charge is 2.26. The lowest BCUT2D eigenvalue weighted by Gasteiger charge is -2.35. The molecule has 0 aliphatic carbocycles. The number of hydrogen-bond acceptors (Lipinski definition) is 3. The van der Waals surface area contributed by atoms with E-state index in [2.05, 4.69) is 11.0 Å². The van der Waals surface area contributed by atoms with Crippen LogP contribution in [-0.4, -0.2) is 60.9 Å². The molecule has 2 aliphatic heterocycles. The van der Waals surface area contributed by atoms with E-state index in [-0.39, 0.29) is 17.6 Å². The molecule has 0 radical (unpaired) electrons. The first kappa shape index (κ1) is 18.6. The Labute approximate surface area is 164 Å². The summed E-state index contributed by atoms with van der Waals surface area (Å²) < 4.78 is 13.0. The van der Waals surface area contributed by atoms with E-state index >= 15 is 0 Å². The lowest BCUT2D eigenvalue weighted by Crippen LogP contribution is -2.49. The van der Waals surface area contributed by atoms with Gasteiger partial charge in [0, 0.05) is 56.9 Å². The van der Waals surface area contributed by atoms with E-state index in [4.69, 9.17) is 0 Å². The first-order valence-corrected chi connectivity index (χ1v) is 9.77. The summed E-state index contributed by atoms with van der Waals surface area (Å²) in [5.41, 5.74) is 2.80. The molecule has 2 heterocycles. The van der Waals surface area contributed by atoms with Gasteiger partial charge in [-0.2, -0.15) is 0 Å². The van der Waals surface area contributed by atoms with Crippen molar-refractivity contribution in [3.05, 3.63) is 65.5 Å². The Morgan fingerprint density at radius 3 is 2.36 bits per heavy atom. The maximum absolute atomic E-state index is 13.0. The maximum Gasteiger partial charge on any atom is 0.253 e. The van der Waals surface area contributed by atoms with Crippen LogP contribution in [0.2, 0.25) is 0 Å². The molecule has 5 nitrogen and oxygen atoms in total. The number of nitrogens with zero attached hydrogens (tertiary/aromatic N) is 3. The van der Waals surface area contributed by atoms with Crippen LogP contribution in [0.1, 0.15) is 22.3 Å². The SMILES string of the molecule is O=C(c1ccc(F)cc1)N1CCN(CCC(=O)N2CCc3ccccc32)CC1. The summed E-state index contributed by atoms with van der Waals surface area (Å²) in [5, 5.41) is 0. The minimum atomic E-state index is -0.341. The summed E-state index contributed by atoms with van der Waals surface area (Å²) in [4.78, 5) is 31.1. The fraction of sp³-hybridized carbons (Fsp3) is 0.364. The van der Waals surface area contributed by atoms with Crippen molar-refractivity contribution in [1.82, 2.24) is 9.80 Å². The Bertz CT molecular complexity index is 860. The minimum absolute atomic E-state index is 0.0654. The Morgan fingerprint density at radius 1 is 0.893 bits per heavy atom. The normalized spacial score (nSPS) is 16.9. The number of anilines is 1. The van der Waals surface area contributed by atoms with Gasteiger partial charge in [-0.15, -0.1) is 0 Å². The summed E-state index contributed by atoms with van der Waals surface area (Å²) >= 11 is 0. The molecule has 0 N–H and O–H groups in total. The van der Waals surface area contributed by atoms with E-state index in [1.165, 1.54) is 29.8 Å². The molecule has 0 spiro atoms. The van der Waals surface area contributed by atoms with Crippen LogP contribution < -0.4 is 4.90 Å². The van der Waals surface area contributed by atoms with Crippen molar-refractivity contribution in [1.29, 1.82) is 0 Å². The molecule has 2 aromatic rings. The number of benzene rings is 2. The van der Waals surface area contributed by atoms with E-state index in [9.17, 15) is 14.0 Å². The van der Waals surface area contributed by atoms with E-state index < -0.39 is 0 Å². The second kappa shape index (κ2) is 8.10. The van der Waals surface area contributed by atoms with Crippen LogP contribution in [0.3, 0.4) is 0 Å². The summed E-state index contributed by atoms with van der Waals surface area (Å²) in [6.45, 7) is 4.20. The standard InChI is InChI=1S/C22H24FN3O2/c23-19-7-5-18(6-8-19)22(28)25-15-13-24(14-16-25)11-10-21(27)26-12-9-17-3-1-2-4-20(17)26/h1-8H,9-16H2. The molecule has 1 fully saturated rings. The zero-order chi connectivity index (χ0) is 19.5. The third-order valence-corrected chi connectivity index (χ3v) is 5.58. The minimum Gasteiger partial charge on any atom is -0.336 e. The van der Waals surface area contributed by atoms with Crippen molar-refractivity contribution < 1.29 is 14.0 Å². The van der Waals surface area contributed by atoms with Crippen molar-refractivity contribution >= 4 is 17.5 Å². The highest BCUT2D eigenvalue weighted by atomic mass is 19.1. The van der Waals surface area contributed by atoms with E-state index in [1.807, 2.05) is 23.1 Å². The quantitative estimate of drug-likeness (QED) is 0.818. The number of carbonyl (C=O) groups is 2. The second-order valence-corrected chi connectivity index (χ2v) is 7.31. The van der Waals surface area contributed by atoms with Crippen LogP contribution in [0.4, 0.5) is 10.1 Å². The summed E-state index contributed by atoms with van der Waals surface area (Å²) in [6, 6.07) is 13.8. The maximum atomic E-state index is 13.0. The molecule has 28 heavy (non-hydrogen) atoms. The summed E-state index contributed by atoms with van der Waals surface area (Å²) in [7, 11) is 0. The lowest BCUT2D eigenvalue weighted by molar-refractivity contribution is -0.118. The molecular formula is C22H24FN3O2. The molecule has 6 heteroatoms. The van der Waals surface area contributed by atoms with E-state index in [0.29, 0.717) is 31.6 Å². The number of fused-ring (bicyclic) bond motifs is 1. The molecule has 2 aromatic carbocycles. The van der Waals surface area contributed by atoms with Crippen LogP contribution in [0.5, 0.6) is 0 Å². The van der Waals surface area contributed by atoms with Gasteiger partial charge < -0.3 is 9.80 Å². The second-order valence-electron chi connectivity index (χ2n) is 7.31. The molecule has 2 aliphatic rings. The summed E-state index contributed by atoms with van der Waals surface area (Å²) in [5.74, 6) is -0.245. The highest BCUT2D eigenvalue weighted by molar-refractivity contribution is 5.95. The highest BCUT2D eigenvalue weighted by Crippen LogP contribution is 2.27. The van der Waals surface area contributed by atoms with Gasteiger partial charge in [-0.25, -0.2) is 4.39 Å². The van der Waals surface area contributed by atoms with Gasteiger partial charge in [0.15, 0.2) is 0 Å². The molecule has 4 rings (SSSR count). The first-order valence-electron chi connectivity index (χ1n) is 9.77. The van der Waals surface area contributed by atoms with Crippen molar-refractivity contribution in [2.45, 2.75) is 12.8 Å². The smallest absolute Gasteiger partial charge is 0.253 e. The van der Waals surface area contributed by atoms with Gasteiger partial charge in [0.25, 0.3) is 5.91 Å². The van der Waals surface area contributed by atoms with Gasteiger partial charge in [-0.3, -0.25) is 14.5 Å². The Balaban J connectivity index is 1.25. The van der Waals surface area contributed by atoms with Crippen LogP contribution in [0.25, 0.3) is 0 Å². The number of amides is 2. The molecule has 0 saturated carbocycles. The van der Waals surface area contributed by atoms with E-state index in [0.717, 1.165) is 31.7 Å². The molecule has 2 amide bonds. The average molecular weight is 381 g/mol. The molecule has 1 saturated heterocycles. The number of halogens is 1. The Hall–Kier alpha value is -2.73. The van der Waals surface area contributed by atoms with Gasteiger partial charge in [0.1, 0.15) is 5.82 Å². The van der Waals surface area contributed by atoms with Gasteiger partial charge in [0.2, 0.25) is 5.91 Å². The Morgan fingerprint density at radius 2 is 1.61 bits per heavy atom. The lowest BCUT2D eigenvalue weighted by atomic mass is 10.1.